The number of urea groups is 1. The van der Waals surface area contributed by atoms with Gasteiger partial charge in [0.2, 0.25) is 0 Å². The second-order valence-electron chi connectivity index (χ2n) is 4.24. The van der Waals surface area contributed by atoms with E-state index in [1.807, 2.05) is 11.8 Å². The van der Waals surface area contributed by atoms with E-state index in [-0.39, 0.29) is 6.03 Å². The topological polar surface area (TPSA) is 32.3 Å². The van der Waals surface area contributed by atoms with E-state index in [2.05, 4.69) is 24.7 Å². The molecule has 2 atom stereocenters. The van der Waals surface area contributed by atoms with Crippen LogP contribution in [0, 0.1) is 0 Å². The van der Waals surface area contributed by atoms with Crippen molar-refractivity contribution in [1.29, 1.82) is 0 Å². The number of carbonyl (C=O) groups is 1. The minimum Gasteiger partial charge on any atom is -0.334 e. The Kier molecular flexibility index (Phi) is 6.19. The van der Waals surface area contributed by atoms with Crippen molar-refractivity contribution in [3.05, 3.63) is 25.3 Å². The predicted octanol–water partition coefficient (Wildman–Crippen LogP) is 2.65. The summed E-state index contributed by atoms with van der Waals surface area (Å²) in [6.45, 7) is 8.46. The van der Waals surface area contributed by atoms with Gasteiger partial charge in [0.05, 0.1) is 0 Å². The van der Waals surface area contributed by atoms with Crippen molar-refractivity contribution in [1.82, 2.24) is 10.2 Å². The normalized spacial score (nSPS) is 23.1. The number of nitrogens with zero attached hydrogens (tertiary/aromatic N) is 1. The van der Waals surface area contributed by atoms with Gasteiger partial charge < -0.3 is 10.2 Å². The molecule has 0 aromatic heterocycles. The third kappa shape index (κ3) is 4.11. The zero-order valence-corrected chi connectivity index (χ0v) is 11.3. The summed E-state index contributed by atoms with van der Waals surface area (Å²) in [6.07, 6.45) is 9.09. The van der Waals surface area contributed by atoms with E-state index in [0.717, 1.165) is 6.42 Å². The molecule has 1 fully saturated rings. The van der Waals surface area contributed by atoms with E-state index in [1.165, 1.54) is 12.8 Å². The number of hydrogen-bond acceptors (Lipinski definition) is 2. The molecule has 4 heteroatoms. The predicted molar refractivity (Wildman–Crippen MR) is 75.4 cm³/mol. The first-order valence-electron chi connectivity index (χ1n) is 6.03. The standard InChI is InChI=1S/C13H22N2OS/c1-4-9-15(10-5-2)13(16)14-11-7-6-8-12(11)17-3/h4-5,11-12H,1-2,6-10H2,3H3,(H,14,16). The largest absolute Gasteiger partial charge is 0.334 e. The van der Waals surface area contributed by atoms with Gasteiger partial charge in [-0.05, 0) is 19.1 Å². The van der Waals surface area contributed by atoms with Crippen LogP contribution in [0.5, 0.6) is 0 Å². The van der Waals surface area contributed by atoms with Crippen molar-refractivity contribution in [2.45, 2.75) is 30.6 Å². The Balaban J connectivity index is 2.50. The number of amides is 2. The van der Waals surface area contributed by atoms with Crippen LogP contribution in [0.3, 0.4) is 0 Å². The molecule has 0 aliphatic heterocycles. The van der Waals surface area contributed by atoms with Crippen LogP contribution < -0.4 is 5.32 Å². The summed E-state index contributed by atoms with van der Waals surface area (Å²) in [6, 6.07) is 0.311. The number of carbonyl (C=O) groups excluding carboxylic acids is 1. The summed E-state index contributed by atoms with van der Waals surface area (Å²) in [5.41, 5.74) is 0. The van der Waals surface area contributed by atoms with Crippen LogP contribution in [0.15, 0.2) is 25.3 Å². The van der Waals surface area contributed by atoms with Gasteiger partial charge in [0.25, 0.3) is 0 Å². The minimum atomic E-state index is -0.00394. The summed E-state index contributed by atoms with van der Waals surface area (Å²) in [7, 11) is 0. The molecule has 1 rings (SSSR count). The number of rotatable bonds is 6. The van der Waals surface area contributed by atoms with Crippen LogP contribution in [-0.4, -0.2) is 41.6 Å². The van der Waals surface area contributed by atoms with Crippen molar-refractivity contribution in [3.8, 4) is 0 Å². The molecule has 2 amide bonds. The number of thioether (sulfide) groups is 1. The van der Waals surface area contributed by atoms with Crippen LogP contribution in [0.25, 0.3) is 0 Å². The van der Waals surface area contributed by atoms with Gasteiger partial charge in [-0.1, -0.05) is 18.6 Å². The minimum absolute atomic E-state index is 0.00394. The lowest BCUT2D eigenvalue weighted by atomic mass is 10.2. The van der Waals surface area contributed by atoms with Gasteiger partial charge in [0.1, 0.15) is 0 Å². The maximum absolute atomic E-state index is 12.1. The maximum Gasteiger partial charge on any atom is 0.318 e. The summed E-state index contributed by atoms with van der Waals surface area (Å²) < 4.78 is 0. The zero-order chi connectivity index (χ0) is 12.7. The fraction of sp³-hybridized carbons (Fsp3) is 0.615. The number of nitrogens with one attached hydrogen (secondary N) is 1. The second-order valence-corrected chi connectivity index (χ2v) is 5.32. The first-order valence-corrected chi connectivity index (χ1v) is 7.31. The van der Waals surface area contributed by atoms with Crippen molar-refractivity contribution >= 4 is 17.8 Å². The molecule has 2 unspecified atom stereocenters. The van der Waals surface area contributed by atoms with Gasteiger partial charge in [0, 0.05) is 24.4 Å². The maximum atomic E-state index is 12.1. The molecule has 3 nitrogen and oxygen atoms in total. The molecule has 0 radical (unpaired) electrons. The summed E-state index contributed by atoms with van der Waals surface area (Å²) >= 11 is 1.85. The molecular formula is C13H22N2OS. The smallest absolute Gasteiger partial charge is 0.318 e. The molecule has 17 heavy (non-hydrogen) atoms. The molecule has 0 aromatic carbocycles. The fourth-order valence-corrected chi connectivity index (χ4v) is 3.11. The van der Waals surface area contributed by atoms with Crippen molar-refractivity contribution in [2.24, 2.45) is 0 Å². The van der Waals surface area contributed by atoms with Crippen LogP contribution in [0.4, 0.5) is 4.79 Å². The van der Waals surface area contributed by atoms with Gasteiger partial charge in [-0.15, -0.1) is 13.2 Å². The van der Waals surface area contributed by atoms with Crippen molar-refractivity contribution in [3.63, 3.8) is 0 Å². The van der Waals surface area contributed by atoms with Gasteiger partial charge in [-0.2, -0.15) is 11.8 Å². The average Bonchev–Trinajstić information content (AvgIpc) is 2.76. The van der Waals surface area contributed by atoms with Crippen LogP contribution in [0.1, 0.15) is 19.3 Å². The van der Waals surface area contributed by atoms with Crippen molar-refractivity contribution in [2.75, 3.05) is 19.3 Å². The molecule has 0 bridgehead atoms. The molecule has 1 aliphatic rings. The molecule has 0 aromatic rings. The zero-order valence-electron chi connectivity index (χ0n) is 10.5. The molecule has 1 saturated carbocycles. The van der Waals surface area contributed by atoms with Gasteiger partial charge in [-0.25, -0.2) is 4.79 Å². The highest BCUT2D eigenvalue weighted by Crippen LogP contribution is 2.28. The van der Waals surface area contributed by atoms with E-state index in [0.29, 0.717) is 24.4 Å². The molecule has 1 aliphatic carbocycles. The Labute approximate surface area is 108 Å². The second kappa shape index (κ2) is 7.43. The molecule has 0 spiro atoms. The molecule has 0 saturated heterocycles. The highest BCUT2D eigenvalue weighted by Gasteiger charge is 2.28. The van der Waals surface area contributed by atoms with Crippen LogP contribution in [-0.2, 0) is 0 Å². The SMILES string of the molecule is C=CCN(CC=C)C(=O)NC1CCCC1SC. The fourth-order valence-electron chi connectivity index (χ4n) is 2.18. The van der Waals surface area contributed by atoms with E-state index in [1.54, 1.807) is 17.1 Å². The lowest BCUT2D eigenvalue weighted by Crippen LogP contribution is -2.46. The Morgan fingerprint density at radius 2 is 2.06 bits per heavy atom. The summed E-state index contributed by atoms with van der Waals surface area (Å²) in [5, 5.41) is 3.68. The number of hydrogen-bond donors (Lipinski definition) is 1. The van der Waals surface area contributed by atoms with Crippen molar-refractivity contribution < 1.29 is 4.79 Å². The first-order chi connectivity index (χ1) is 8.22. The van der Waals surface area contributed by atoms with E-state index in [9.17, 15) is 4.79 Å². The summed E-state index contributed by atoms with van der Waals surface area (Å²) in [5.74, 6) is 0. The lowest BCUT2D eigenvalue weighted by molar-refractivity contribution is 0.204. The third-order valence-corrected chi connectivity index (χ3v) is 4.22. The lowest BCUT2D eigenvalue weighted by Gasteiger charge is -2.25. The highest BCUT2D eigenvalue weighted by atomic mass is 32.2. The molecular weight excluding hydrogens is 232 g/mol. The summed E-state index contributed by atoms with van der Waals surface area (Å²) in [4.78, 5) is 13.8. The quantitative estimate of drug-likeness (QED) is 0.739. The Morgan fingerprint density at radius 3 is 2.59 bits per heavy atom. The van der Waals surface area contributed by atoms with Gasteiger partial charge in [0.15, 0.2) is 0 Å². The van der Waals surface area contributed by atoms with E-state index in [4.69, 9.17) is 0 Å². The van der Waals surface area contributed by atoms with Crippen LogP contribution in [0.2, 0.25) is 0 Å². The molecule has 0 heterocycles. The average molecular weight is 254 g/mol. The van der Waals surface area contributed by atoms with Crippen LogP contribution >= 0.6 is 11.8 Å². The monoisotopic (exact) mass is 254 g/mol. The first kappa shape index (κ1) is 14.2. The third-order valence-electron chi connectivity index (χ3n) is 3.05. The van der Waals surface area contributed by atoms with E-state index < -0.39 is 0 Å². The van der Waals surface area contributed by atoms with Gasteiger partial charge in [-0.3, -0.25) is 0 Å². The Morgan fingerprint density at radius 1 is 1.41 bits per heavy atom. The molecule has 96 valence electrons. The van der Waals surface area contributed by atoms with E-state index >= 15 is 0 Å². The molecule has 1 N–H and O–H groups in total. The Bertz CT molecular complexity index is 271. The van der Waals surface area contributed by atoms with Gasteiger partial charge >= 0.3 is 6.03 Å². The highest BCUT2D eigenvalue weighted by molar-refractivity contribution is 7.99. The Hall–Kier alpha value is -0.900.